The average Bonchev–Trinajstić information content (AvgIpc) is 2.46. The normalized spacial score (nSPS) is 10.6. The summed E-state index contributed by atoms with van der Waals surface area (Å²) in [5.74, 6) is 0.716. The Morgan fingerprint density at radius 3 is 2.60 bits per heavy atom. The van der Waals surface area contributed by atoms with Gasteiger partial charge in [0.25, 0.3) is 5.91 Å². The van der Waals surface area contributed by atoms with Crippen molar-refractivity contribution in [3.05, 3.63) is 22.7 Å². The quantitative estimate of drug-likeness (QED) is 0.616. The molecule has 0 saturated heterocycles. The number of carbonyl (C=O) groups excluding carboxylic acids is 1. The number of carbonyl (C=O) groups is 1. The summed E-state index contributed by atoms with van der Waals surface area (Å²) in [6.45, 7) is 2.24. The van der Waals surface area contributed by atoms with E-state index in [0.29, 0.717) is 28.7 Å². The van der Waals surface area contributed by atoms with Gasteiger partial charge in [0.15, 0.2) is 11.5 Å². The van der Waals surface area contributed by atoms with Crippen LogP contribution in [0.2, 0.25) is 5.02 Å². The first kappa shape index (κ1) is 16.3. The van der Waals surface area contributed by atoms with Gasteiger partial charge in [-0.15, -0.1) is 0 Å². The Hall–Kier alpha value is -1.79. The third-order valence-electron chi connectivity index (χ3n) is 2.33. The fraction of sp³-hybridized carbons (Fsp3) is 0.385. The molecule has 0 unspecified atom stereocenters. The molecule has 1 aromatic rings. The van der Waals surface area contributed by atoms with Gasteiger partial charge in [-0.2, -0.15) is 5.10 Å². The molecular formula is C13H17ClN2O4. The molecule has 0 aliphatic heterocycles. The number of amides is 1. The average molecular weight is 301 g/mol. The lowest BCUT2D eigenvalue weighted by atomic mass is 10.2. The highest BCUT2D eigenvalue weighted by molar-refractivity contribution is 6.33. The zero-order valence-corrected chi connectivity index (χ0v) is 12.4. The molecule has 0 aliphatic carbocycles. The van der Waals surface area contributed by atoms with Crippen LogP contribution in [0, 0.1) is 0 Å². The summed E-state index contributed by atoms with van der Waals surface area (Å²) in [5.41, 5.74) is 2.93. The minimum atomic E-state index is -0.334. The van der Waals surface area contributed by atoms with Crippen LogP contribution in [0.3, 0.4) is 0 Å². The zero-order valence-electron chi connectivity index (χ0n) is 11.6. The SMILES string of the molecule is CCOCC(=O)N/N=C/c1cc(OC)c(OC)cc1Cl. The first-order valence-corrected chi connectivity index (χ1v) is 6.31. The first-order chi connectivity index (χ1) is 9.62. The van der Waals surface area contributed by atoms with Gasteiger partial charge in [0, 0.05) is 18.2 Å². The molecule has 7 heteroatoms. The Bertz CT molecular complexity index is 492. The van der Waals surface area contributed by atoms with E-state index in [1.807, 2.05) is 0 Å². The number of rotatable bonds is 7. The van der Waals surface area contributed by atoms with E-state index in [4.69, 9.17) is 25.8 Å². The molecule has 0 aliphatic rings. The second kappa shape index (κ2) is 8.39. The molecule has 110 valence electrons. The van der Waals surface area contributed by atoms with E-state index in [9.17, 15) is 4.79 Å². The van der Waals surface area contributed by atoms with Crippen molar-refractivity contribution in [3.8, 4) is 11.5 Å². The lowest BCUT2D eigenvalue weighted by molar-refractivity contribution is -0.125. The number of hydrogen-bond acceptors (Lipinski definition) is 5. The van der Waals surface area contributed by atoms with Crippen LogP contribution in [-0.4, -0.2) is 39.6 Å². The molecule has 0 aromatic heterocycles. The Balaban J connectivity index is 2.74. The third kappa shape index (κ3) is 4.71. The van der Waals surface area contributed by atoms with E-state index in [1.54, 1.807) is 19.1 Å². The smallest absolute Gasteiger partial charge is 0.266 e. The highest BCUT2D eigenvalue weighted by atomic mass is 35.5. The lowest BCUT2D eigenvalue weighted by Crippen LogP contribution is -2.22. The van der Waals surface area contributed by atoms with Crippen molar-refractivity contribution >= 4 is 23.7 Å². The molecule has 1 aromatic carbocycles. The van der Waals surface area contributed by atoms with Crippen LogP contribution in [0.25, 0.3) is 0 Å². The summed E-state index contributed by atoms with van der Waals surface area (Å²) < 4.78 is 15.2. The number of nitrogens with zero attached hydrogens (tertiary/aromatic N) is 1. The Morgan fingerprint density at radius 1 is 1.35 bits per heavy atom. The molecule has 0 heterocycles. The molecule has 20 heavy (non-hydrogen) atoms. The minimum Gasteiger partial charge on any atom is -0.493 e. The van der Waals surface area contributed by atoms with Crippen LogP contribution in [0.4, 0.5) is 0 Å². The molecule has 0 saturated carbocycles. The van der Waals surface area contributed by atoms with E-state index >= 15 is 0 Å². The van der Waals surface area contributed by atoms with E-state index in [-0.39, 0.29) is 12.5 Å². The molecular weight excluding hydrogens is 284 g/mol. The zero-order chi connectivity index (χ0) is 15.0. The fourth-order valence-electron chi connectivity index (χ4n) is 1.37. The summed E-state index contributed by atoms with van der Waals surface area (Å²) in [5, 5.41) is 4.24. The number of hydrogen-bond donors (Lipinski definition) is 1. The van der Waals surface area contributed by atoms with Gasteiger partial charge in [-0.05, 0) is 13.0 Å². The summed E-state index contributed by atoms with van der Waals surface area (Å²) in [6, 6.07) is 3.28. The predicted molar refractivity (Wildman–Crippen MR) is 76.8 cm³/mol. The van der Waals surface area contributed by atoms with E-state index < -0.39 is 0 Å². The Morgan fingerprint density at radius 2 is 2.00 bits per heavy atom. The second-order valence-electron chi connectivity index (χ2n) is 3.66. The summed E-state index contributed by atoms with van der Waals surface area (Å²) in [7, 11) is 3.05. The van der Waals surface area contributed by atoms with Crippen molar-refractivity contribution in [2.24, 2.45) is 5.10 Å². The number of hydrazone groups is 1. The maximum atomic E-state index is 11.3. The van der Waals surface area contributed by atoms with Crippen LogP contribution in [0.5, 0.6) is 11.5 Å². The number of nitrogens with one attached hydrogen (secondary N) is 1. The summed E-state index contributed by atoms with van der Waals surface area (Å²) >= 11 is 6.07. The van der Waals surface area contributed by atoms with Crippen LogP contribution in [0.1, 0.15) is 12.5 Å². The molecule has 1 N–H and O–H groups in total. The number of ether oxygens (including phenoxy) is 3. The fourth-order valence-corrected chi connectivity index (χ4v) is 1.57. The second-order valence-corrected chi connectivity index (χ2v) is 4.07. The van der Waals surface area contributed by atoms with E-state index in [2.05, 4.69) is 10.5 Å². The van der Waals surface area contributed by atoms with E-state index in [1.165, 1.54) is 20.4 Å². The van der Waals surface area contributed by atoms with Gasteiger partial charge < -0.3 is 14.2 Å². The van der Waals surface area contributed by atoms with Crippen molar-refractivity contribution in [2.75, 3.05) is 27.4 Å². The summed E-state index contributed by atoms with van der Waals surface area (Å²) in [6.07, 6.45) is 1.42. The monoisotopic (exact) mass is 300 g/mol. The van der Waals surface area contributed by atoms with Gasteiger partial charge in [-0.1, -0.05) is 11.6 Å². The Labute approximate surface area is 122 Å². The van der Waals surface area contributed by atoms with Crippen molar-refractivity contribution in [1.29, 1.82) is 0 Å². The molecule has 0 atom stereocenters. The molecule has 1 amide bonds. The maximum Gasteiger partial charge on any atom is 0.266 e. The maximum absolute atomic E-state index is 11.3. The van der Waals surface area contributed by atoms with E-state index in [0.717, 1.165) is 0 Å². The highest BCUT2D eigenvalue weighted by Gasteiger charge is 2.08. The number of methoxy groups -OCH3 is 2. The molecule has 1 rings (SSSR count). The summed E-state index contributed by atoms with van der Waals surface area (Å²) in [4.78, 5) is 11.3. The third-order valence-corrected chi connectivity index (χ3v) is 2.66. The molecule has 0 fully saturated rings. The standard InChI is InChI=1S/C13H17ClN2O4/c1-4-20-8-13(17)16-15-7-9-5-11(18-2)12(19-3)6-10(9)14/h5-7H,4,8H2,1-3H3,(H,16,17)/b15-7+. The van der Waals surface area contributed by atoms with Crippen LogP contribution in [0.15, 0.2) is 17.2 Å². The largest absolute Gasteiger partial charge is 0.493 e. The van der Waals surface area contributed by atoms with Gasteiger partial charge >= 0.3 is 0 Å². The van der Waals surface area contributed by atoms with Crippen LogP contribution >= 0.6 is 11.6 Å². The van der Waals surface area contributed by atoms with Gasteiger partial charge in [-0.25, -0.2) is 5.43 Å². The first-order valence-electron chi connectivity index (χ1n) is 5.93. The van der Waals surface area contributed by atoms with Crippen molar-refractivity contribution in [3.63, 3.8) is 0 Å². The van der Waals surface area contributed by atoms with Gasteiger partial charge in [0.05, 0.1) is 25.5 Å². The molecule has 0 bridgehead atoms. The molecule has 0 spiro atoms. The van der Waals surface area contributed by atoms with Crippen LogP contribution in [-0.2, 0) is 9.53 Å². The molecule has 6 nitrogen and oxygen atoms in total. The van der Waals surface area contributed by atoms with Gasteiger partial charge in [0.2, 0.25) is 0 Å². The number of halogens is 1. The van der Waals surface area contributed by atoms with Gasteiger partial charge in [0.1, 0.15) is 6.61 Å². The van der Waals surface area contributed by atoms with Crippen molar-refractivity contribution in [2.45, 2.75) is 6.92 Å². The van der Waals surface area contributed by atoms with Crippen LogP contribution < -0.4 is 14.9 Å². The Kier molecular flexibility index (Phi) is 6.83. The lowest BCUT2D eigenvalue weighted by Gasteiger charge is -2.09. The van der Waals surface area contributed by atoms with Crippen molar-refractivity contribution < 1.29 is 19.0 Å². The molecule has 0 radical (unpaired) electrons. The van der Waals surface area contributed by atoms with Crippen molar-refractivity contribution in [1.82, 2.24) is 5.43 Å². The minimum absolute atomic E-state index is 0.0342. The highest BCUT2D eigenvalue weighted by Crippen LogP contribution is 2.32. The topological polar surface area (TPSA) is 69.2 Å². The van der Waals surface area contributed by atoms with Gasteiger partial charge in [-0.3, -0.25) is 4.79 Å². The predicted octanol–water partition coefficient (Wildman–Crippen LogP) is 1.84. The number of benzene rings is 1.